The molecular weight excluding hydrogens is 204 g/mol. The minimum Gasteiger partial charge on any atom is -0.482 e. The molecule has 0 spiro atoms. The molecule has 0 radical (unpaired) electrons. The normalized spacial score (nSPS) is 17.8. The summed E-state index contributed by atoms with van der Waals surface area (Å²) in [6, 6.07) is 3.86. The largest absolute Gasteiger partial charge is 0.482 e. The average molecular weight is 222 g/mol. The van der Waals surface area contributed by atoms with Gasteiger partial charge in [-0.1, -0.05) is 0 Å². The zero-order chi connectivity index (χ0) is 11.6. The molecular formula is C12H18N2O2. The van der Waals surface area contributed by atoms with Gasteiger partial charge < -0.3 is 14.4 Å². The summed E-state index contributed by atoms with van der Waals surface area (Å²) < 4.78 is 11.0. The summed E-state index contributed by atoms with van der Waals surface area (Å²) >= 11 is 0. The van der Waals surface area contributed by atoms with E-state index in [0.29, 0.717) is 6.61 Å². The molecule has 16 heavy (non-hydrogen) atoms. The molecule has 4 heteroatoms. The van der Waals surface area contributed by atoms with E-state index in [4.69, 9.17) is 9.47 Å². The third-order valence-electron chi connectivity index (χ3n) is 2.57. The Labute approximate surface area is 96.2 Å². The van der Waals surface area contributed by atoms with Crippen LogP contribution in [0, 0.1) is 0 Å². The maximum Gasteiger partial charge on any atom is 0.171 e. The number of rotatable bonds is 3. The summed E-state index contributed by atoms with van der Waals surface area (Å²) in [4.78, 5) is 6.58. The van der Waals surface area contributed by atoms with Crippen LogP contribution in [0.15, 0.2) is 18.3 Å². The maximum absolute atomic E-state index is 5.88. The number of anilines is 1. The fraction of sp³-hybridized carbons (Fsp3) is 0.583. The first-order valence-corrected chi connectivity index (χ1v) is 5.50. The second-order valence-corrected chi connectivity index (χ2v) is 4.60. The van der Waals surface area contributed by atoms with Crippen molar-refractivity contribution in [2.24, 2.45) is 0 Å². The third-order valence-corrected chi connectivity index (χ3v) is 2.57. The molecule has 0 N–H and O–H groups in total. The lowest BCUT2D eigenvalue weighted by Gasteiger charge is -2.39. The van der Waals surface area contributed by atoms with E-state index in [0.717, 1.165) is 24.7 Å². The van der Waals surface area contributed by atoms with Gasteiger partial charge in [0.15, 0.2) is 11.6 Å². The lowest BCUT2D eigenvalue weighted by molar-refractivity contribution is 0.100. The van der Waals surface area contributed by atoms with Crippen LogP contribution in [0.2, 0.25) is 0 Å². The number of aromatic nitrogens is 1. The molecule has 0 unspecified atom stereocenters. The van der Waals surface area contributed by atoms with E-state index in [1.54, 1.807) is 13.3 Å². The van der Waals surface area contributed by atoms with Gasteiger partial charge in [0.1, 0.15) is 5.60 Å². The van der Waals surface area contributed by atoms with Crippen LogP contribution in [0.5, 0.6) is 5.75 Å². The van der Waals surface area contributed by atoms with Crippen molar-refractivity contribution in [3.8, 4) is 5.75 Å². The van der Waals surface area contributed by atoms with Crippen molar-refractivity contribution in [2.75, 3.05) is 31.7 Å². The lowest BCUT2D eigenvalue weighted by Crippen LogP contribution is -2.48. The summed E-state index contributed by atoms with van der Waals surface area (Å²) in [5, 5.41) is 0. The van der Waals surface area contributed by atoms with Crippen LogP contribution in [0.1, 0.15) is 13.8 Å². The fourth-order valence-corrected chi connectivity index (χ4v) is 1.95. The molecule has 0 amide bonds. The minimum atomic E-state index is -0.177. The van der Waals surface area contributed by atoms with Crippen molar-refractivity contribution < 1.29 is 9.47 Å². The summed E-state index contributed by atoms with van der Waals surface area (Å²) in [7, 11) is 1.71. The van der Waals surface area contributed by atoms with Gasteiger partial charge in [0.2, 0.25) is 0 Å². The number of hydrogen-bond acceptors (Lipinski definition) is 4. The highest BCUT2D eigenvalue weighted by atomic mass is 16.5. The minimum absolute atomic E-state index is 0.177. The van der Waals surface area contributed by atoms with E-state index >= 15 is 0 Å². The molecule has 2 heterocycles. The first-order chi connectivity index (χ1) is 7.62. The molecule has 1 aromatic rings. The maximum atomic E-state index is 5.88. The molecule has 0 saturated heterocycles. The Balaban J connectivity index is 2.25. The molecule has 0 saturated carbocycles. The molecule has 0 aliphatic carbocycles. The SMILES string of the molecule is COCCN1CC(C)(C)Oc2cccnc21. The third kappa shape index (κ3) is 2.27. The highest BCUT2D eigenvalue weighted by molar-refractivity contribution is 5.54. The standard InChI is InChI=1S/C12H18N2O2/c1-12(2)9-14(7-8-15-3)11-10(16-12)5-4-6-13-11/h4-6H,7-9H2,1-3H3. The molecule has 1 aromatic heterocycles. The van der Waals surface area contributed by atoms with Crippen molar-refractivity contribution in [2.45, 2.75) is 19.4 Å². The first kappa shape index (κ1) is 11.2. The Kier molecular flexibility index (Phi) is 3.01. The monoisotopic (exact) mass is 222 g/mol. The number of nitrogens with zero attached hydrogens (tertiary/aromatic N) is 2. The number of hydrogen-bond donors (Lipinski definition) is 0. The zero-order valence-corrected chi connectivity index (χ0v) is 10.1. The fourth-order valence-electron chi connectivity index (χ4n) is 1.95. The first-order valence-electron chi connectivity index (χ1n) is 5.50. The highest BCUT2D eigenvalue weighted by Gasteiger charge is 2.31. The van der Waals surface area contributed by atoms with Gasteiger partial charge in [-0.15, -0.1) is 0 Å². The van der Waals surface area contributed by atoms with Gasteiger partial charge >= 0.3 is 0 Å². The molecule has 1 aliphatic rings. The Hall–Kier alpha value is -1.29. The van der Waals surface area contributed by atoms with Crippen LogP contribution >= 0.6 is 0 Å². The van der Waals surface area contributed by atoms with Crippen molar-refractivity contribution in [3.05, 3.63) is 18.3 Å². The van der Waals surface area contributed by atoms with Gasteiger partial charge in [-0.2, -0.15) is 0 Å². The number of pyridine rings is 1. The van der Waals surface area contributed by atoms with E-state index in [-0.39, 0.29) is 5.60 Å². The number of methoxy groups -OCH3 is 1. The molecule has 0 fully saturated rings. The molecule has 88 valence electrons. The van der Waals surface area contributed by atoms with E-state index in [1.165, 1.54) is 0 Å². The summed E-state index contributed by atoms with van der Waals surface area (Å²) in [6.07, 6.45) is 1.79. The topological polar surface area (TPSA) is 34.6 Å². The Morgan fingerprint density at radius 1 is 1.56 bits per heavy atom. The molecule has 0 aromatic carbocycles. The molecule has 1 aliphatic heterocycles. The summed E-state index contributed by atoms with van der Waals surface area (Å²) in [5.41, 5.74) is -0.177. The van der Waals surface area contributed by atoms with E-state index < -0.39 is 0 Å². The highest BCUT2D eigenvalue weighted by Crippen LogP contribution is 2.34. The Morgan fingerprint density at radius 2 is 2.38 bits per heavy atom. The van der Waals surface area contributed by atoms with Crippen molar-refractivity contribution in [3.63, 3.8) is 0 Å². The van der Waals surface area contributed by atoms with Gasteiger partial charge in [0.25, 0.3) is 0 Å². The van der Waals surface area contributed by atoms with Gasteiger partial charge in [0, 0.05) is 19.9 Å². The average Bonchev–Trinajstić information content (AvgIpc) is 2.24. The predicted octanol–water partition coefficient (Wildman–Crippen LogP) is 1.71. The van der Waals surface area contributed by atoms with Crippen LogP contribution in [0.25, 0.3) is 0 Å². The van der Waals surface area contributed by atoms with Crippen LogP contribution in [0.4, 0.5) is 5.82 Å². The summed E-state index contributed by atoms with van der Waals surface area (Å²) in [6.45, 7) is 6.55. The van der Waals surface area contributed by atoms with Crippen LogP contribution in [-0.4, -0.2) is 37.4 Å². The predicted molar refractivity (Wildman–Crippen MR) is 63.0 cm³/mol. The molecule has 2 rings (SSSR count). The van der Waals surface area contributed by atoms with Gasteiger partial charge in [-0.3, -0.25) is 0 Å². The molecule has 4 nitrogen and oxygen atoms in total. The van der Waals surface area contributed by atoms with Gasteiger partial charge in [-0.25, -0.2) is 4.98 Å². The van der Waals surface area contributed by atoms with Crippen LogP contribution in [-0.2, 0) is 4.74 Å². The zero-order valence-electron chi connectivity index (χ0n) is 10.1. The van der Waals surface area contributed by atoms with Crippen molar-refractivity contribution in [1.29, 1.82) is 0 Å². The smallest absolute Gasteiger partial charge is 0.171 e. The van der Waals surface area contributed by atoms with Crippen LogP contribution in [0.3, 0.4) is 0 Å². The van der Waals surface area contributed by atoms with Gasteiger partial charge in [-0.05, 0) is 26.0 Å². The Bertz CT molecular complexity index is 366. The molecule has 0 bridgehead atoms. The van der Waals surface area contributed by atoms with Gasteiger partial charge in [0.05, 0.1) is 13.2 Å². The van der Waals surface area contributed by atoms with E-state index in [2.05, 4.69) is 23.7 Å². The lowest BCUT2D eigenvalue weighted by atomic mass is 10.1. The quantitative estimate of drug-likeness (QED) is 0.779. The van der Waals surface area contributed by atoms with Crippen molar-refractivity contribution >= 4 is 5.82 Å². The van der Waals surface area contributed by atoms with Crippen molar-refractivity contribution in [1.82, 2.24) is 4.98 Å². The van der Waals surface area contributed by atoms with E-state index in [1.807, 2.05) is 12.1 Å². The summed E-state index contributed by atoms with van der Waals surface area (Å²) in [5.74, 6) is 1.77. The molecule has 0 atom stereocenters. The van der Waals surface area contributed by atoms with E-state index in [9.17, 15) is 0 Å². The Morgan fingerprint density at radius 3 is 3.12 bits per heavy atom. The van der Waals surface area contributed by atoms with Crippen LogP contribution < -0.4 is 9.64 Å². The second-order valence-electron chi connectivity index (χ2n) is 4.60. The second kappa shape index (κ2) is 4.29. The number of ether oxygens (including phenoxy) is 2. The number of fused-ring (bicyclic) bond motifs is 1.